The van der Waals surface area contributed by atoms with Crippen LogP contribution in [-0.4, -0.2) is 36.9 Å². The van der Waals surface area contributed by atoms with E-state index in [0.29, 0.717) is 6.42 Å². The quantitative estimate of drug-likeness (QED) is 0.732. The Morgan fingerprint density at radius 1 is 1.43 bits per heavy atom. The predicted molar refractivity (Wildman–Crippen MR) is 58.1 cm³/mol. The molecule has 1 rings (SSSR count). The number of likely N-dealkylation sites (N-methyl/N-ethyl adjacent to an activating group) is 1. The number of allylic oxidation sites excluding steroid dienone is 2. The predicted octanol–water partition coefficient (Wildman–Crippen LogP) is 1.16. The van der Waals surface area contributed by atoms with Crippen molar-refractivity contribution < 1.29 is 4.79 Å². The lowest BCUT2D eigenvalue weighted by molar-refractivity contribution is -0.114. The highest BCUT2D eigenvalue weighted by molar-refractivity contribution is 5.92. The van der Waals surface area contributed by atoms with Crippen LogP contribution in [0.2, 0.25) is 0 Å². The maximum absolute atomic E-state index is 11.0. The highest BCUT2D eigenvalue weighted by atomic mass is 16.1. The van der Waals surface area contributed by atoms with Crippen molar-refractivity contribution in [1.82, 2.24) is 10.2 Å². The third-order valence-corrected chi connectivity index (χ3v) is 2.19. The molecule has 0 atom stereocenters. The van der Waals surface area contributed by atoms with Gasteiger partial charge in [-0.2, -0.15) is 0 Å². The fourth-order valence-electron chi connectivity index (χ4n) is 1.96. The number of ketones is 1. The number of carbonyl (C=O) groups is 1. The van der Waals surface area contributed by atoms with Gasteiger partial charge in [-0.25, -0.2) is 0 Å². The first-order chi connectivity index (χ1) is 6.39. The lowest BCUT2D eigenvalue weighted by atomic mass is 10.0. The minimum atomic E-state index is 0.0277. The largest absolute Gasteiger partial charge is 0.382 e. The molecule has 0 aliphatic heterocycles. The molecule has 14 heavy (non-hydrogen) atoms. The van der Waals surface area contributed by atoms with Gasteiger partial charge < -0.3 is 10.2 Å². The third kappa shape index (κ3) is 3.50. The maximum Gasteiger partial charge on any atom is 0.157 e. The van der Waals surface area contributed by atoms with Crippen molar-refractivity contribution in [3.8, 4) is 0 Å². The van der Waals surface area contributed by atoms with Crippen molar-refractivity contribution in [1.29, 1.82) is 0 Å². The molecule has 1 aliphatic rings. The van der Waals surface area contributed by atoms with Gasteiger partial charge in [-0.1, -0.05) is 0 Å². The molecule has 0 saturated heterocycles. The van der Waals surface area contributed by atoms with E-state index in [-0.39, 0.29) is 11.3 Å². The first kappa shape index (κ1) is 11.2. The van der Waals surface area contributed by atoms with Crippen LogP contribution in [0.1, 0.15) is 26.7 Å². The van der Waals surface area contributed by atoms with Gasteiger partial charge in [0.2, 0.25) is 0 Å². The van der Waals surface area contributed by atoms with Gasteiger partial charge in [0.1, 0.15) is 0 Å². The van der Waals surface area contributed by atoms with Crippen LogP contribution < -0.4 is 5.32 Å². The van der Waals surface area contributed by atoms with E-state index < -0.39 is 0 Å². The molecule has 0 radical (unpaired) electrons. The van der Waals surface area contributed by atoms with Gasteiger partial charge in [0.15, 0.2) is 5.78 Å². The van der Waals surface area contributed by atoms with Gasteiger partial charge in [0, 0.05) is 30.3 Å². The Bertz CT molecular complexity index is 254. The summed E-state index contributed by atoms with van der Waals surface area (Å²) in [5, 5.41) is 3.42. The Kier molecular flexibility index (Phi) is 3.32. The van der Waals surface area contributed by atoms with Crippen molar-refractivity contribution in [3.05, 3.63) is 11.8 Å². The van der Waals surface area contributed by atoms with Crippen LogP contribution in [0.25, 0.3) is 0 Å². The molecule has 0 fully saturated rings. The second-order valence-electron chi connectivity index (χ2n) is 4.88. The number of carbonyl (C=O) groups excluding carboxylic acids is 1. The van der Waals surface area contributed by atoms with Crippen LogP contribution in [0.3, 0.4) is 0 Å². The van der Waals surface area contributed by atoms with Crippen LogP contribution in [0.4, 0.5) is 0 Å². The van der Waals surface area contributed by atoms with Crippen LogP contribution in [0, 0.1) is 0 Å². The summed E-state index contributed by atoms with van der Waals surface area (Å²) in [5.41, 5.74) is 1.11. The zero-order valence-corrected chi connectivity index (χ0v) is 9.55. The van der Waals surface area contributed by atoms with Gasteiger partial charge in [0.25, 0.3) is 0 Å². The lowest BCUT2D eigenvalue weighted by Crippen LogP contribution is -2.46. The molecular weight excluding hydrogens is 176 g/mol. The Balaban J connectivity index is 2.50. The van der Waals surface area contributed by atoms with E-state index in [9.17, 15) is 4.79 Å². The van der Waals surface area contributed by atoms with E-state index in [1.165, 1.54) is 0 Å². The molecular formula is C11H20N2O. The SMILES string of the molecule is CN(C)CC(C)(C)NC1=CC(=O)CC1. The summed E-state index contributed by atoms with van der Waals surface area (Å²) in [7, 11) is 4.11. The zero-order chi connectivity index (χ0) is 10.8. The van der Waals surface area contributed by atoms with Gasteiger partial charge in [0.05, 0.1) is 0 Å². The summed E-state index contributed by atoms with van der Waals surface area (Å²) in [6, 6.07) is 0. The summed E-state index contributed by atoms with van der Waals surface area (Å²) in [6.45, 7) is 5.26. The van der Waals surface area contributed by atoms with Crippen LogP contribution in [0.15, 0.2) is 11.8 Å². The number of hydrogen-bond acceptors (Lipinski definition) is 3. The standard InChI is InChI=1S/C11H20N2O/c1-11(2,8-13(3)4)12-9-5-6-10(14)7-9/h7,12H,5-6,8H2,1-4H3. The van der Waals surface area contributed by atoms with E-state index >= 15 is 0 Å². The van der Waals surface area contributed by atoms with E-state index in [1.54, 1.807) is 6.08 Å². The van der Waals surface area contributed by atoms with Gasteiger partial charge in [-0.05, 0) is 34.4 Å². The van der Waals surface area contributed by atoms with E-state index in [0.717, 1.165) is 18.7 Å². The Morgan fingerprint density at radius 3 is 2.50 bits per heavy atom. The van der Waals surface area contributed by atoms with E-state index in [4.69, 9.17) is 0 Å². The van der Waals surface area contributed by atoms with Crippen molar-refractivity contribution in [2.24, 2.45) is 0 Å². The molecule has 0 aromatic rings. The van der Waals surface area contributed by atoms with Crippen molar-refractivity contribution in [3.63, 3.8) is 0 Å². The lowest BCUT2D eigenvalue weighted by Gasteiger charge is -2.31. The molecule has 80 valence electrons. The summed E-state index contributed by atoms with van der Waals surface area (Å²) < 4.78 is 0. The topological polar surface area (TPSA) is 32.3 Å². The fourth-order valence-corrected chi connectivity index (χ4v) is 1.96. The molecule has 1 N–H and O–H groups in total. The van der Waals surface area contributed by atoms with Crippen molar-refractivity contribution in [2.75, 3.05) is 20.6 Å². The number of rotatable bonds is 4. The molecule has 3 nitrogen and oxygen atoms in total. The Hall–Kier alpha value is -0.830. The molecule has 0 spiro atoms. The number of nitrogens with zero attached hydrogens (tertiary/aromatic N) is 1. The minimum Gasteiger partial charge on any atom is -0.382 e. The van der Waals surface area contributed by atoms with E-state index in [2.05, 4.69) is 38.2 Å². The Labute approximate surface area is 86.2 Å². The molecule has 0 amide bonds. The first-order valence-corrected chi connectivity index (χ1v) is 5.05. The highest BCUT2D eigenvalue weighted by Gasteiger charge is 2.22. The van der Waals surface area contributed by atoms with Gasteiger partial charge in [-0.3, -0.25) is 4.79 Å². The zero-order valence-electron chi connectivity index (χ0n) is 9.55. The molecule has 0 unspecified atom stereocenters. The average molecular weight is 196 g/mol. The van der Waals surface area contributed by atoms with Crippen LogP contribution in [0.5, 0.6) is 0 Å². The molecule has 1 aliphatic carbocycles. The Morgan fingerprint density at radius 2 is 2.07 bits per heavy atom. The maximum atomic E-state index is 11.0. The first-order valence-electron chi connectivity index (χ1n) is 5.05. The summed E-state index contributed by atoms with van der Waals surface area (Å²) in [6.07, 6.45) is 3.27. The van der Waals surface area contributed by atoms with Crippen LogP contribution >= 0.6 is 0 Å². The summed E-state index contributed by atoms with van der Waals surface area (Å²) >= 11 is 0. The van der Waals surface area contributed by atoms with Crippen LogP contribution in [-0.2, 0) is 4.79 Å². The fraction of sp³-hybridized carbons (Fsp3) is 0.727. The highest BCUT2D eigenvalue weighted by Crippen LogP contribution is 2.16. The number of hydrogen-bond donors (Lipinski definition) is 1. The smallest absolute Gasteiger partial charge is 0.157 e. The monoisotopic (exact) mass is 196 g/mol. The van der Waals surface area contributed by atoms with Gasteiger partial charge >= 0.3 is 0 Å². The second-order valence-corrected chi connectivity index (χ2v) is 4.88. The number of nitrogens with one attached hydrogen (secondary N) is 1. The molecule has 0 aromatic heterocycles. The van der Waals surface area contributed by atoms with Crippen molar-refractivity contribution in [2.45, 2.75) is 32.2 Å². The normalized spacial score (nSPS) is 17.5. The summed E-state index contributed by atoms with van der Waals surface area (Å²) in [4.78, 5) is 13.2. The molecule has 0 bridgehead atoms. The second kappa shape index (κ2) is 4.13. The minimum absolute atomic E-state index is 0.0277. The molecule has 0 aromatic carbocycles. The van der Waals surface area contributed by atoms with Crippen molar-refractivity contribution >= 4 is 5.78 Å². The molecule has 3 heteroatoms. The summed E-state index contributed by atoms with van der Waals surface area (Å²) in [5.74, 6) is 0.244. The molecule has 0 saturated carbocycles. The van der Waals surface area contributed by atoms with E-state index in [1.807, 2.05) is 0 Å². The molecule has 0 heterocycles. The van der Waals surface area contributed by atoms with Gasteiger partial charge in [-0.15, -0.1) is 0 Å². The average Bonchev–Trinajstić information content (AvgIpc) is 2.30. The third-order valence-electron chi connectivity index (χ3n) is 2.19.